The van der Waals surface area contributed by atoms with Crippen molar-refractivity contribution in [2.45, 2.75) is 175 Å². The van der Waals surface area contributed by atoms with Crippen LogP contribution in [-0.4, -0.2) is 53.6 Å². The number of carbonyl (C=O) groups is 1. The van der Waals surface area contributed by atoms with Crippen molar-refractivity contribution in [3.05, 3.63) is 23.8 Å². The Labute approximate surface area is 273 Å². The Morgan fingerprint density at radius 2 is 1.52 bits per heavy atom. The first-order chi connectivity index (χ1) is 20.0. The number of cyclic esters (lactones) is 1. The van der Waals surface area contributed by atoms with Gasteiger partial charge in [0.25, 0.3) is 0 Å². The monoisotopic (exact) mass is 648 g/mol. The summed E-state index contributed by atoms with van der Waals surface area (Å²) < 4.78 is 26.6. The van der Waals surface area contributed by atoms with Gasteiger partial charge in [0.1, 0.15) is 6.10 Å². The van der Waals surface area contributed by atoms with E-state index in [1.165, 1.54) is 5.57 Å². The number of esters is 1. The molecule has 3 rings (SSSR count). The summed E-state index contributed by atoms with van der Waals surface area (Å²) >= 11 is 0. The van der Waals surface area contributed by atoms with Crippen molar-refractivity contribution in [1.29, 1.82) is 0 Å². The van der Waals surface area contributed by atoms with Crippen molar-refractivity contribution >= 4 is 22.6 Å². The molecular formula is C37H68O5Si2. The number of rotatable bonds is 12. The Kier molecular flexibility index (Phi) is 12.1. The normalized spacial score (nSPS) is 30.5. The molecule has 7 unspecified atom stereocenters. The quantitative estimate of drug-likeness (QED) is 0.156. The second-order valence-electron chi connectivity index (χ2n) is 18.1. The molecule has 0 saturated carbocycles. The standard InChI is InChI=1S/C37H68O5Si2/c1-15-20-37(9,10)25-39-32-23-29(41-43(11,12)35(3,4)5)21-27-17-16-26(2)31(34(27)32)19-18-28-22-30(24-33(38)40-28)42-44(13,14)36(6,7)8/h16-17,21,26,28-32,34H,15,18-20,22-25H2,1-14H3. The van der Waals surface area contributed by atoms with E-state index in [0.29, 0.717) is 24.2 Å². The van der Waals surface area contributed by atoms with Gasteiger partial charge in [0.2, 0.25) is 0 Å². The average molecular weight is 649 g/mol. The van der Waals surface area contributed by atoms with E-state index in [9.17, 15) is 4.79 Å². The fourth-order valence-corrected chi connectivity index (χ4v) is 9.46. The smallest absolute Gasteiger partial charge is 0.308 e. The van der Waals surface area contributed by atoms with E-state index < -0.39 is 16.6 Å². The van der Waals surface area contributed by atoms with E-state index in [1.807, 2.05) is 0 Å². The minimum atomic E-state index is -1.97. The molecule has 5 nitrogen and oxygen atoms in total. The number of fused-ring (bicyclic) bond motifs is 1. The summed E-state index contributed by atoms with van der Waals surface area (Å²) in [5, 5.41) is 0.273. The molecule has 0 bridgehead atoms. The first-order valence-corrected chi connectivity index (χ1v) is 23.4. The van der Waals surface area contributed by atoms with Crippen molar-refractivity contribution in [3.63, 3.8) is 0 Å². The molecule has 0 amide bonds. The van der Waals surface area contributed by atoms with Crippen molar-refractivity contribution in [3.8, 4) is 0 Å². The van der Waals surface area contributed by atoms with Crippen molar-refractivity contribution in [2.75, 3.05) is 6.61 Å². The lowest BCUT2D eigenvalue weighted by molar-refractivity contribution is -0.160. The van der Waals surface area contributed by atoms with Crippen LogP contribution >= 0.6 is 0 Å². The van der Waals surface area contributed by atoms with E-state index in [4.69, 9.17) is 18.3 Å². The third-order valence-corrected chi connectivity index (χ3v) is 20.6. The largest absolute Gasteiger partial charge is 0.462 e. The lowest BCUT2D eigenvalue weighted by atomic mass is 9.66. The lowest BCUT2D eigenvalue weighted by Crippen LogP contribution is -2.48. The zero-order valence-corrected chi connectivity index (χ0v) is 33.0. The third-order valence-electron chi connectivity index (χ3n) is 11.5. The van der Waals surface area contributed by atoms with E-state index in [2.05, 4.69) is 114 Å². The maximum absolute atomic E-state index is 12.7. The Balaban J connectivity index is 1.81. The molecule has 1 heterocycles. The van der Waals surface area contributed by atoms with Crippen LogP contribution < -0.4 is 0 Å². The molecule has 2 aliphatic carbocycles. The number of hydrogen-bond donors (Lipinski definition) is 0. The van der Waals surface area contributed by atoms with Gasteiger partial charge in [-0.25, -0.2) is 0 Å². The number of ether oxygens (including phenoxy) is 2. The summed E-state index contributed by atoms with van der Waals surface area (Å²) in [6.07, 6.45) is 13.5. The Bertz CT molecular complexity index is 1030. The minimum Gasteiger partial charge on any atom is -0.462 e. The molecule has 3 aliphatic rings. The topological polar surface area (TPSA) is 54.0 Å². The molecular weight excluding hydrogens is 581 g/mol. The second-order valence-corrected chi connectivity index (χ2v) is 27.6. The highest BCUT2D eigenvalue weighted by molar-refractivity contribution is 6.74. The number of hydrogen-bond acceptors (Lipinski definition) is 5. The van der Waals surface area contributed by atoms with Gasteiger partial charge in [0.05, 0.1) is 31.3 Å². The zero-order valence-electron chi connectivity index (χ0n) is 31.0. The maximum Gasteiger partial charge on any atom is 0.308 e. The summed E-state index contributed by atoms with van der Waals surface area (Å²) in [5.41, 5.74) is 1.52. The Morgan fingerprint density at radius 3 is 2.11 bits per heavy atom. The van der Waals surface area contributed by atoms with Gasteiger partial charge in [0.15, 0.2) is 16.6 Å². The second kappa shape index (κ2) is 14.2. The van der Waals surface area contributed by atoms with Crippen LogP contribution in [0.3, 0.4) is 0 Å². The molecule has 0 aromatic rings. The van der Waals surface area contributed by atoms with Crippen LogP contribution in [0.5, 0.6) is 0 Å². The Morgan fingerprint density at radius 1 is 0.909 bits per heavy atom. The molecule has 0 aromatic carbocycles. The van der Waals surface area contributed by atoms with Crippen molar-refractivity contribution < 1.29 is 23.1 Å². The van der Waals surface area contributed by atoms with Crippen LogP contribution in [0.25, 0.3) is 0 Å². The SMILES string of the molecule is CCCC(C)(C)COC1CC(O[Si](C)(C)C(C)(C)C)C=C2C=CC(C)C(CCC3CC(O[Si](C)(C)C(C)(C)C)CC(=O)O3)C21. The van der Waals surface area contributed by atoms with Crippen molar-refractivity contribution in [1.82, 2.24) is 0 Å². The zero-order chi connectivity index (χ0) is 33.3. The predicted octanol–water partition coefficient (Wildman–Crippen LogP) is 10.2. The molecule has 7 atom stereocenters. The van der Waals surface area contributed by atoms with Gasteiger partial charge in [-0.2, -0.15) is 0 Å². The first kappa shape index (κ1) is 37.7. The Hall–Kier alpha value is -0.736. The summed E-state index contributed by atoms with van der Waals surface area (Å²) in [6, 6.07) is 0. The molecule has 1 saturated heterocycles. The van der Waals surface area contributed by atoms with E-state index >= 15 is 0 Å². The summed E-state index contributed by atoms with van der Waals surface area (Å²) in [7, 11) is -3.91. The van der Waals surface area contributed by atoms with E-state index in [1.54, 1.807) is 0 Å². The molecule has 0 aromatic heterocycles. The maximum atomic E-state index is 12.7. The minimum absolute atomic E-state index is 0.0407. The number of carbonyl (C=O) groups excluding carboxylic acids is 1. The molecule has 1 aliphatic heterocycles. The van der Waals surface area contributed by atoms with E-state index in [-0.39, 0.29) is 45.9 Å². The highest BCUT2D eigenvalue weighted by atomic mass is 28.4. The fraction of sp³-hybridized carbons (Fsp3) is 0.865. The molecule has 254 valence electrons. The highest BCUT2D eigenvalue weighted by Crippen LogP contribution is 2.47. The van der Waals surface area contributed by atoms with Crippen LogP contribution in [0.1, 0.15) is 114 Å². The van der Waals surface area contributed by atoms with Gasteiger partial charge in [-0.1, -0.05) is 93.9 Å². The van der Waals surface area contributed by atoms with Gasteiger partial charge in [-0.15, -0.1) is 0 Å². The molecule has 0 N–H and O–H groups in total. The highest BCUT2D eigenvalue weighted by Gasteiger charge is 2.46. The first-order valence-electron chi connectivity index (χ1n) is 17.6. The van der Waals surface area contributed by atoms with Crippen LogP contribution in [0.4, 0.5) is 0 Å². The van der Waals surface area contributed by atoms with Gasteiger partial charge in [0, 0.05) is 18.8 Å². The summed E-state index contributed by atoms with van der Waals surface area (Å²) in [5.74, 6) is 1.08. The molecule has 1 fully saturated rings. The molecule has 0 radical (unpaired) electrons. The lowest BCUT2D eigenvalue weighted by Gasteiger charge is -2.47. The van der Waals surface area contributed by atoms with Gasteiger partial charge in [-0.3, -0.25) is 4.79 Å². The third kappa shape index (κ3) is 9.65. The fourth-order valence-electron chi connectivity index (χ4n) is 6.82. The van der Waals surface area contributed by atoms with E-state index in [0.717, 1.165) is 45.1 Å². The number of allylic oxidation sites excluding steroid dienone is 2. The van der Waals surface area contributed by atoms with Crippen molar-refractivity contribution in [2.24, 2.45) is 23.2 Å². The van der Waals surface area contributed by atoms with Crippen LogP contribution in [-0.2, 0) is 23.1 Å². The summed E-state index contributed by atoms with van der Waals surface area (Å²) in [6.45, 7) is 33.0. The van der Waals surface area contributed by atoms with Gasteiger partial charge >= 0.3 is 5.97 Å². The van der Waals surface area contributed by atoms with Crippen LogP contribution in [0.15, 0.2) is 23.8 Å². The van der Waals surface area contributed by atoms with Gasteiger partial charge in [-0.05, 0) is 78.4 Å². The molecule has 7 heteroatoms. The summed E-state index contributed by atoms with van der Waals surface area (Å²) in [4.78, 5) is 12.7. The predicted molar refractivity (Wildman–Crippen MR) is 189 cm³/mol. The molecule has 0 spiro atoms. The van der Waals surface area contributed by atoms with Gasteiger partial charge < -0.3 is 18.3 Å². The average Bonchev–Trinajstić information content (AvgIpc) is 2.84. The van der Waals surface area contributed by atoms with Crippen LogP contribution in [0.2, 0.25) is 36.3 Å². The van der Waals surface area contributed by atoms with Crippen LogP contribution in [0, 0.1) is 23.2 Å². The molecule has 44 heavy (non-hydrogen) atoms.